The summed E-state index contributed by atoms with van der Waals surface area (Å²) in [5.41, 5.74) is 2.49. The topological polar surface area (TPSA) is 78.9 Å². The fraction of sp³-hybridized carbons (Fsp3) is 0.0938. The lowest BCUT2D eigenvalue weighted by molar-refractivity contribution is 0.267. The molecule has 0 bridgehead atoms. The molecule has 0 spiro atoms. The Balaban J connectivity index is 1.45. The summed E-state index contributed by atoms with van der Waals surface area (Å²) in [6, 6.07) is 25.9. The number of nitrogens with zero attached hydrogens (tertiary/aromatic N) is 3. The molecule has 0 aliphatic carbocycles. The van der Waals surface area contributed by atoms with Gasteiger partial charge in [0.1, 0.15) is 12.2 Å². The van der Waals surface area contributed by atoms with E-state index in [-0.39, 0.29) is 11.4 Å². The average Bonchev–Trinajstić information content (AvgIpc) is 3.42. The molecular weight excluding hydrogens is 686 g/mol. The molecule has 0 saturated heterocycles. The summed E-state index contributed by atoms with van der Waals surface area (Å²) in [7, 11) is 0. The first-order valence-corrected chi connectivity index (χ1v) is 15.0. The molecule has 0 amide bonds. The van der Waals surface area contributed by atoms with Gasteiger partial charge in [-0.2, -0.15) is 9.78 Å². The van der Waals surface area contributed by atoms with Crippen LogP contribution in [0, 0.1) is 0 Å². The number of halogens is 3. The predicted molar refractivity (Wildman–Crippen MR) is 173 cm³/mol. The van der Waals surface area contributed by atoms with Crippen LogP contribution in [0.5, 0.6) is 11.5 Å². The third kappa shape index (κ3) is 5.60. The maximum atomic E-state index is 13.7. The highest BCUT2D eigenvalue weighted by molar-refractivity contribution is 9.13. The first-order valence-electron chi connectivity index (χ1n) is 13.0. The first-order chi connectivity index (χ1) is 20.4. The van der Waals surface area contributed by atoms with Crippen LogP contribution in [0.4, 0.5) is 0 Å². The molecule has 4 aromatic carbocycles. The van der Waals surface area contributed by atoms with Crippen LogP contribution in [0.2, 0.25) is 5.02 Å². The van der Waals surface area contributed by atoms with Crippen LogP contribution in [0.1, 0.15) is 18.1 Å². The SMILES string of the molecule is CCOc1cc(C=Nn2c(-c3cc4cc(Cl)ccc4o3)nc3ccccc3c2=O)c(Br)c(Br)c1OCc1ccccc1. The largest absolute Gasteiger partial charge is 0.490 e. The Morgan fingerprint density at radius 3 is 2.57 bits per heavy atom. The van der Waals surface area contributed by atoms with E-state index < -0.39 is 0 Å². The minimum absolute atomic E-state index is 0.255. The normalized spacial score (nSPS) is 11.5. The number of ether oxygens (including phenoxy) is 2. The summed E-state index contributed by atoms with van der Waals surface area (Å²) in [6.45, 7) is 2.70. The van der Waals surface area contributed by atoms with Crippen LogP contribution in [0.3, 0.4) is 0 Å². The molecule has 0 atom stereocenters. The summed E-state index contributed by atoms with van der Waals surface area (Å²) in [4.78, 5) is 18.4. The van der Waals surface area contributed by atoms with Crippen LogP contribution >= 0.6 is 43.5 Å². The minimum Gasteiger partial charge on any atom is -0.490 e. The fourth-order valence-electron chi connectivity index (χ4n) is 4.46. The highest BCUT2D eigenvalue weighted by Crippen LogP contribution is 2.43. The lowest BCUT2D eigenvalue weighted by atomic mass is 10.2. The van der Waals surface area contributed by atoms with Gasteiger partial charge in [0.2, 0.25) is 5.82 Å². The highest BCUT2D eigenvalue weighted by atomic mass is 79.9. The van der Waals surface area contributed by atoms with E-state index in [4.69, 9.17) is 30.5 Å². The number of benzene rings is 4. The van der Waals surface area contributed by atoms with E-state index in [0.717, 1.165) is 10.9 Å². The standard InChI is InChI=1S/C32H22Br2ClN3O4/c1-2-40-26-16-21(28(33)29(34)30(26)41-18-19-8-4-3-5-9-19)17-36-38-31(37-24-11-7-6-10-23(24)32(38)39)27-15-20-14-22(35)12-13-25(20)42-27/h3-17H,2,18H2,1H3. The second-order valence-electron chi connectivity index (χ2n) is 9.24. The Morgan fingerprint density at radius 1 is 0.976 bits per heavy atom. The van der Waals surface area contributed by atoms with Crippen LogP contribution in [0.15, 0.2) is 108 Å². The number of para-hydroxylation sites is 1. The van der Waals surface area contributed by atoms with Crippen molar-refractivity contribution in [2.75, 3.05) is 6.61 Å². The quantitative estimate of drug-likeness (QED) is 0.148. The fourth-order valence-corrected chi connectivity index (χ4v) is 5.58. The zero-order valence-electron chi connectivity index (χ0n) is 22.2. The van der Waals surface area contributed by atoms with Gasteiger partial charge in [0.05, 0.1) is 28.2 Å². The zero-order valence-corrected chi connectivity index (χ0v) is 26.1. The molecule has 2 aromatic heterocycles. The molecule has 0 saturated carbocycles. The molecule has 0 radical (unpaired) electrons. The Bertz CT molecular complexity index is 2020. The third-order valence-electron chi connectivity index (χ3n) is 6.45. The van der Waals surface area contributed by atoms with Crippen LogP contribution in [-0.2, 0) is 6.61 Å². The second kappa shape index (κ2) is 12.1. The molecule has 42 heavy (non-hydrogen) atoms. The van der Waals surface area contributed by atoms with E-state index in [0.29, 0.717) is 66.5 Å². The number of furan rings is 1. The molecule has 0 aliphatic rings. The molecule has 7 nitrogen and oxygen atoms in total. The Labute approximate surface area is 262 Å². The van der Waals surface area contributed by atoms with Gasteiger partial charge in [-0.3, -0.25) is 4.79 Å². The predicted octanol–water partition coefficient (Wildman–Crippen LogP) is 8.85. The second-order valence-corrected chi connectivity index (χ2v) is 11.3. The third-order valence-corrected chi connectivity index (χ3v) is 8.82. The minimum atomic E-state index is -0.339. The maximum absolute atomic E-state index is 13.7. The molecule has 6 rings (SSSR count). The van der Waals surface area contributed by atoms with Gasteiger partial charge in [0.25, 0.3) is 5.56 Å². The van der Waals surface area contributed by atoms with Crippen molar-refractivity contribution >= 4 is 71.5 Å². The smallest absolute Gasteiger partial charge is 0.282 e. The van der Waals surface area contributed by atoms with Gasteiger partial charge >= 0.3 is 0 Å². The lowest BCUT2D eigenvalue weighted by Gasteiger charge is -2.16. The van der Waals surface area contributed by atoms with Crippen molar-refractivity contribution < 1.29 is 13.9 Å². The Kier molecular flexibility index (Phi) is 8.15. The van der Waals surface area contributed by atoms with E-state index in [1.807, 2.05) is 49.4 Å². The molecule has 0 aliphatic heterocycles. The van der Waals surface area contributed by atoms with Crippen molar-refractivity contribution in [3.8, 4) is 23.1 Å². The molecule has 0 unspecified atom stereocenters. The molecule has 6 aromatic rings. The number of aromatic nitrogens is 2. The Hall–Kier alpha value is -3.92. The summed E-state index contributed by atoms with van der Waals surface area (Å²) >= 11 is 13.5. The van der Waals surface area contributed by atoms with Crippen molar-refractivity contribution in [1.82, 2.24) is 9.66 Å². The van der Waals surface area contributed by atoms with E-state index in [1.165, 1.54) is 4.68 Å². The lowest BCUT2D eigenvalue weighted by Crippen LogP contribution is -2.20. The van der Waals surface area contributed by atoms with E-state index in [2.05, 4.69) is 37.0 Å². The number of hydrogen-bond acceptors (Lipinski definition) is 6. The molecule has 210 valence electrons. The van der Waals surface area contributed by atoms with Crippen molar-refractivity contribution in [3.05, 3.63) is 120 Å². The monoisotopic (exact) mass is 705 g/mol. The van der Waals surface area contributed by atoms with Gasteiger partial charge in [0.15, 0.2) is 17.3 Å². The number of fused-ring (bicyclic) bond motifs is 2. The average molecular weight is 708 g/mol. The van der Waals surface area contributed by atoms with Crippen LogP contribution in [0.25, 0.3) is 33.5 Å². The van der Waals surface area contributed by atoms with E-state index >= 15 is 0 Å². The van der Waals surface area contributed by atoms with E-state index in [1.54, 1.807) is 48.7 Å². The van der Waals surface area contributed by atoms with Gasteiger partial charge in [0, 0.05) is 20.4 Å². The maximum Gasteiger partial charge on any atom is 0.282 e. The summed E-state index contributed by atoms with van der Waals surface area (Å²) in [6.07, 6.45) is 1.57. The van der Waals surface area contributed by atoms with E-state index in [9.17, 15) is 4.79 Å². The van der Waals surface area contributed by atoms with Crippen molar-refractivity contribution in [2.45, 2.75) is 13.5 Å². The molecule has 2 heterocycles. The van der Waals surface area contributed by atoms with Gasteiger partial charge in [-0.25, -0.2) is 4.98 Å². The summed E-state index contributed by atoms with van der Waals surface area (Å²) in [5, 5.41) is 6.39. The summed E-state index contributed by atoms with van der Waals surface area (Å²) in [5.74, 6) is 1.72. The molecule has 0 fully saturated rings. The van der Waals surface area contributed by atoms with Gasteiger partial charge in [-0.15, -0.1) is 0 Å². The zero-order chi connectivity index (χ0) is 29.2. The molecule has 10 heteroatoms. The van der Waals surface area contributed by atoms with Gasteiger partial charge in [-0.05, 0) is 86.8 Å². The molecule has 0 N–H and O–H groups in total. The summed E-state index contributed by atoms with van der Waals surface area (Å²) < 4.78 is 20.7. The van der Waals surface area contributed by atoms with Crippen molar-refractivity contribution in [2.24, 2.45) is 5.10 Å². The van der Waals surface area contributed by atoms with Crippen molar-refractivity contribution in [1.29, 1.82) is 0 Å². The van der Waals surface area contributed by atoms with Gasteiger partial charge < -0.3 is 13.9 Å². The first kappa shape index (κ1) is 28.2. The Morgan fingerprint density at radius 2 is 1.76 bits per heavy atom. The number of rotatable bonds is 8. The van der Waals surface area contributed by atoms with Crippen molar-refractivity contribution in [3.63, 3.8) is 0 Å². The molecular formula is C32H22Br2ClN3O4. The number of hydrogen-bond donors (Lipinski definition) is 0. The van der Waals surface area contributed by atoms with Crippen LogP contribution < -0.4 is 15.0 Å². The highest BCUT2D eigenvalue weighted by Gasteiger charge is 2.19. The van der Waals surface area contributed by atoms with Crippen LogP contribution in [-0.4, -0.2) is 22.5 Å². The van der Waals surface area contributed by atoms with Gasteiger partial charge in [-0.1, -0.05) is 54.1 Å².